The average Bonchev–Trinajstić information content (AvgIpc) is 2.41. The third-order valence-electron chi connectivity index (χ3n) is 2.33. The molecule has 0 saturated carbocycles. The van der Waals surface area contributed by atoms with Crippen molar-refractivity contribution in [3.05, 3.63) is 0 Å². The molecule has 15 heavy (non-hydrogen) atoms. The van der Waals surface area contributed by atoms with E-state index in [1.807, 2.05) is 0 Å². The molecule has 0 bridgehead atoms. The van der Waals surface area contributed by atoms with Crippen LogP contribution in [0.4, 0.5) is 0 Å². The molecule has 0 saturated heterocycles. The minimum Gasteiger partial charge on any atom is -0.374 e. The number of hydrogen-bond acceptors (Lipinski definition) is 3. The van der Waals surface area contributed by atoms with E-state index in [2.05, 4.69) is 10.3 Å². The number of nitrogens with zero attached hydrogens (tertiary/aromatic N) is 1. The number of rotatable bonds is 4. The van der Waals surface area contributed by atoms with Gasteiger partial charge in [-0.1, -0.05) is 6.42 Å². The van der Waals surface area contributed by atoms with Gasteiger partial charge in [-0.25, -0.2) is 0 Å². The number of nitrogens with one attached hydrogen (secondary N) is 1. The normalized spacial score (nSPS) is 15.4. The predicted octanol–water partition coefficient (Wildman–Crippen LogP) is 2.13. The van der Waals surface area contributed by atoms with Gasteiger partial charge in [0.2, 0.25) is 0 Å². The molecule has 1 aliphatic heterocycles. The fraction of sp³-hybridized carbons (Fsp3) is 0.900. The second-order valence-electron chi connectivity index (χ2n) is 3.56. The van der Waals surface area contributed by atoms with E-state index in [0.717, 1.165) is 38.9 Å². The van der Waals surface area contributed by atoms with E-state index < -0.39 is 0 Å². The summed E-state index contributed by atoms with van der Waals surface area (Å²) in [6.07, 6.45) is 7.30. The molecule has 0 unspecified atom stereocenters. The van der Waals surface area contributed by atoms with Crippen molar-refractivity contribution in [3.8, 4) is 0 Å². The topological polar surface area (TPSA) is 50.4 Å². The summed E-state index contributed by atoms with van der Waals surface area (Å²) in [5, 5.41) is 3.39. The van der Waals surface area contributed by atoms with Crippen molar-refractivity contribution in [1.29, 1.82) is 0 Å². The first-order valence-electron chi connectivity index (χ1n) is 5.41. The third-order valence-corrected chi connectivity index (χ3v) is 2.33. The Morgan fingerprint density at radius 2 is 1.93 bits per heavy atom. The molecule has 0 aliphatic carbocycles. The van der Waals surface area contributed by atoms with E-state index >= 15 is 0 Å². The second kappa shape index (κ2) is 12.1. The fourth-order valence-corrected chi connectivity index (χ4v) is 1.52. The van der Waals surface area contributed by atoms with E-state index in [4.69, 9.17) is 5.73 Å². The molecule has 3 N–H and O–H groups in total. The van der Waals surface area contributed by atoms with Gasteiger partial charge in [-0.15, -0.1) is 24.8 Å². The zero-order valence-corrected chi connectivity index (χ0v) is 10.8. The summed E-state index contributed by atoms with van der Waals surface area (Å²) >= 11 is 0. The molecular formula is C10H23Cl2N3. The first-order valence-corrected chi connectivity index (χ1v) is 5.41. The Bertz CT molecular complexity index is 163. The summed E-state index contributed by atoms with van der Waals surface area (Å²) in [4.78, 5) is 4.50. The number of nitrogens with two attached hydrogens (primary N) is 1. The highest BCUT2D eigenvalue weighted by Crippen LogP contribution is 2.05. The van der Waals surface area contributed by atoms with Crippen molar-refractivity contribution in [2.24, 2.45) is 10.7 Å². The van der Waals surface area contributed by atoms with Crippen LogP contribution < -0.4 is 11.1 Å². The lowest BCUT2D eigenvalue weighted by Gasteiger charge is -2.07. The molecule has 0 aromatic heterocycles. The summed E-state index contributed by atoms with van der Waals surface area (Å²) in [6, 6.07) is 0. The highest BCUT2D eigenvalue weighted by atomic mass is 35.5. The molecule has 0 amide bonds. The summed E-state index contributed by atoms with van der Waals surface area (Å²) in [7, 11) is 0. The molecule has 0 atom stereocenters. The first kappa shape index (κ1) is 17.4. The van der Waals surface area contributed by atoms with Gasteiger partial charge in [-0.05, 0) is 32.2 Å². The van der Waals surface area contributed by atoms with Gasteiger partial charge in [-0.3, -0.25) is 4.99 Å². The summed E-state index contributed by atoms with van der Waals surface area (Å²) in [6.45, 7) is 2.85. The lowest BCUT2D eigenvalue weighted by molar-refractivity contribution is 0.704. The van der Waals surface area contributed by atoms with Gasteiger partial charge >= 0.3 is 0 Å². The van der Waals surface area contributed by atoms with Crippen LogP contribution in [0.15, 0.2) is 4.99 Å². The standard InChI is InChI=1S/C10H21N3.2ClH/c11-7-3-5-9-13-10-6-2-1-4-8-12-10;;/h1-9,11H2,(H,12,13);2*1H. The number of hydrogen-bond donors (Lipinski definition) is 2. The molecule has 3 nitrogen and oxygen atoms in total. The maximum atomic E-state index is 5.41. The van der Waals surface area contributed by atoms with Gasteiger partial charge in [-0.2, -0.15) is 0 Å². The minimum absolute atomic E-state index is 0. The van der Waals surface area contributed by atoms with Gasteiger partial charge in [0.1, 0.15) is 0 Å². The molecule has 0 fully saturated rings. The molecule has 1 heterocycles. The van der Waals surface area contributed by atoms with Crippen molar-refractivity contribution in [1.82, 2.24) is 5.32 Å². The molecule has 0 radical (unpaired) electrons. The molecule has 0 aromatic carbocycles. The molecule has 92 valence electrons. The minimum atomic E-state index is 0. The van der Waals surface area contributed by atoms with E-state index in [0.29, 0.717) is 0 Å². The van der Waals surface area contributed by atoms with Crippen LogP contribution >= 0.6 is 24.8 Å². The first-order chi connectivity index (χ1) is 6.43. The lowest BCUT2D eigenvalue weighted by Crippen LogP contribution is -2.24. The third kappa shape index (κ3) is 8.97. The van der Waals surface area contributed by atoms with E-state index in [9.17, 15) is 0 Å². The largest absolute Gasteiger partial charge is 0.374 e. The maximum absolute atomic E-state index is 5.41. The SMILES string of the molecule is Cl.Cl.NCCCCNC1=NCCCCC1. The Labute approximate surface area is 105 Å². The van der Waals surface area contributed by atoms with Crippen LogP contribution in [0.1, 0.15) is 38.5 Å². The van der Waals surface area contributed by atoms with Crippen molar-refractivity contribution >= 4 is 30.6 Å². The van der Waals surface area contributed by atoms with Crippen molar-refractivity contribution in [2.75, 3.05) is 19.6 Å². The number of unbranched alkanes of at least 4 members (excludes halogenated alkanes) is 1. The van der Waals surface area contributed by atoms with Crippen LogP contribution in [-0.4, -0.2) is 25.5 Å². The summed E-state index contributed by atoms with van der Waals surface area (Å²) in [5.41, 5.74) is 5.41. The highest BCUT2D eigenvalue weighted by Gasteiger charge is 2.02. The van der Waals surface area contributed by atoms with Crippen LogP contribution in [0.3, 0.4) is 0 Å². The monoisotopic (exact) mass is 255 g/mol. The van der Waals surface area contributed by atoms with Crippen LogP contribution in [0.2, 0.25) is 0 Å². The van der Waals surface area contributed by atoms with Crippen LogP contribution in [-0.2, 0) is 0 Å². The number of aliphatic imine (C=N–C) groups is 1. The molecule has 0 spiro atoms. The zero-order valence-electron chi connectivity index (χ0n) is 9.21. The Balaban J connectivity index is 0. The van der Waals surface area contributed by atoms with Crippen LogP contribution in [0.25, 0.3) is 0 Å². The summed E-state index contributed by atoms with van der Waals surface area (Å²) < 4.78 is 0. The molecule has 1 aliphatic rings. The quantitative estimate of drug-likeness (QED) is 0.757. The van der Waals surface area contributed by atoms with Crippen LogP contribution in [0, 0.1) is 0 Å². The lowest BCUT2D eigenvalue weighted by atomic mass is 10.2. The molecule has 5 heteroatoms. The average molecular weight is 256 g/mol. The molecule has 0 aromatic rings. The van der Waals surface area contributed by atoms with Gasteiger partial charge in [0.05, 0.1) is 5.84 Å². The van der Waals surface area contributed by atoms with Gasteiger partial charge in [0, 0.05) is 19.5 Å². The Hall–Kier alpha value is 0.01000. The molecule has 1 rings (SSSR count). The summed E-state index contributed by atoms with van der Waals surface area (Å²) in [5.74, 6) is 1.22. The van der Waals surface area contributed by atoms with E-state index in [1.54, 1.807) is 0 Å². The Morgan fingerprint density at radius 1 is 1.13 bits per heavy atom. The second-order valence-corrected chi connectivity index (χ2v) is 3.56. The van der Waals surface area contributed by atoms with E-state index in [1.165, 1.54) is 25.1 Å². The van der Waals surface area contributed by atoms with Crippen LogP contribution in [0.5, 0.6) is 0 Å². The number of halogens is 2. The highest BCUT2D eigenvalue weighted by molar-refractivity contribution is 5.85. The predicted molar refractivity (Wildman–Crippen MR) is 71.6 cm³/mol. The van der Waals surface area contributed by atoms with Gasteiger partial charge in [0.25, 0.3) is 0 Å². The van der Waals surface area contributed by atoms with Gasteiger partial charge in [0.15, 0.2) is 0 Å². The van der Waals surface area contributed by atoms with Crippen molar-refractivity contribution < 1.29 is 0 Å². The van der Waals surface area contributed by atoms with E-state index in [-0.39, 0.29) is 24.8 Å². The Kier molecular flexibility index (Phi) is 14.0. The smallest absolute Gasteiger partial charge is 0.0963 e. The Morgan fingerprint density at radius 3 is 2.67 bits per heavy atom. The number of amidine groups is 1. The maximum Gasteiger partial charge on any atom is 0.0963 e. The molecular weight excluding hydrogens is 233 g/mol. The van der Waals surface area contributed by atoms with Gasteiger partial charge < -0.3 is 11.1 Å². The fourth-order valence-electron chi connectivity index (χ4n) is 1.52. The van der Waals surface area contributed by atoms with Crippen molar-refractivity contribution in [2.45, 2.75) is 38.5 Å². The van der Waals surface area contributed by atoms with Crippen molar-refractivity contribution in [3.63, 3.8) is 0 Å². The zero-order chi connectivity index (χ0) is 9.36.